The molecule has 0 aliphatic carbocycles. The summed E-state index contributed by atoms with van der Waals surface area (Å²) in [6, 6.07) is 11.9. The molecule has 2 aromatic carbocycles. The highest BCUT2D eigenvalue weighted by molar-refractivity contribution is 7.89. The normalized spacial score (nSPS) is 13.0. The zero-order valence-electron chi connectivity index (χ0n) is 19.3. The molecule has 0 aliphatic heterocycles. The maximum atomic E-state index is 12.7. The summed E-state index contributed by atoms with van der Waals surface area (Å²) in [5.41, 5.74) is 2.43. The van der Waals surface area contributed by atoms with Crippen molar-refractivity contribution in [1.82, 2.24) is 4.31 Å². The van der Waals surface area contributed by atoms with E-state index in [9.17, 15) is 13.2 Å². The first kappa shape index (κ1) is 24.7. The maximum Gasteiger partial charge on any atom is 0.246 e. The SMILES string of the molecule is CCOc1ccc(N[C@@H](C)C(=O)Nc2ccc(C(C)(C)C)cc2)cc1S(=O)(=O)N(C)C. The van der Waals surface area contributed by atoms with Crippen LogP contribution < -0.4 is 15.4 Å². The summed E-state index contributed by atoms with van der Waals surface area (Å²) in [5.74, 6) is 0.0483. The van der Waals surface area contributed by atoms with Gasteiger partial charge in [0.2, 0.25) is 15.9 Å². The van der Waals surface area contributed by atoms with Crippen molar-refractivity contribution in [3.63, 3.8) is 0 Å². The number of rotatable bonds is 8. The molecule has 0 spiro atoms. The van der Waals surface area contributed by atoms with Gasteiger partial charge in [-0.15, -0.1) is 0 Å². The van der Waals surface area contributed by atoms with Crippen LogP contribution in [0, 0.1) is 0 Å². The third-order valence-electron chi connectivity index (χ3n) is 4.80. The van der Waals surface area contributed by atoms with Crippen LogP contribution in [0.4, 0.5) is 11.4 Å². The Hall–Kier alpha value is -2.58. The minimum atomic E-state index is -3.71. The van der Waals surface area contributed by atoms with Gasteiger partial charge < -0.3 is 15.4 Å². The lowest BCUT2D eigenvalue weighted by Gasteiger charge is -2.20. The summed E-state index contributed by atoms with van der Waals surface area (Å²) in [4.78, 5) is 12.7. The van der Waals surface area contributed by atoms with Gasteiger partial charge in [-0.2, -0.15) is 0 Å². The molecule has 7 nitrogen and oxygen atoms in total. The van der Waals surface area contributed by atoms with Crippen molar-refractivity contribution in [3.05, 3.63) is 48.0 Å². The first-order valence-corrected chi connectivity index (χ1v) is 11.7. The Labute approximate surface area is 185 Å². The Morgan fingerprint density at radius 2 is 1.65 bits per heavy atom. The molecule has 2 aromatic rings. The zero-order chi connectivity index (χ0) is 23.4. The van der Waals surface area contributed by atoms with E-state index >= 15 is 0 Å². The number of sulfonamides is 1. The number of carbonyl (C=O) groups excluding carboxylic acids is 1. The molecule has 8 heteroatoms. The Balaban J connectivity index is 2.17. The molecule has 31 heavy (non-hydrogen) atoms. The van der Waals surface area contributed by atoms with Crippen LogP contribution >= 0.6 is 0 Å². The van der Waals surface area contributed by atoms with E-state index in [2.05, 4.69) is 31.4 Å². The van der Waals surface area contributed by atoms with Crippen LogP contribution in [-0.4, -0.2) is 45.4 Å². The molecule has 0 aromatic heterocycles. The number of hydrogen-bond donors (Lipinski definition) is 2. The number of ether oxygens (including phenoxy) is 1. The highest BCUT2D eigenvalue weighted by Gasteiger charge is 2.24. The topological polar surface area (TPSA) is 87.7 Å². The van der Waals surface area contributed by atoms with Crippen molar-refractivity contribution >= 4 is 27.3 Å². The minimum absolute atomic E-state index is 0.0373. The molecule has 170 valence electrons. The van der Waals surface area contributed by atoms with E-state index in [-0.39, 0.29) is 22.0 Å². The average Bonchev–Trinajstić information content (AvgIpc) is 2.68. The standard InChI is InChI=1S/C23H33N3O4S/c1-8-30-20-14-13-19(15-21(20)31(28,29)26(6)7)24-16(2)22(27)25-18-11-9-17(10-12-18)23(3,4)5/h9-16,24H,8H2,1-7H3,(H,25,27)/t16-/m0/s1. The van der Waals surface area contributed by atoms with E-state index in [1.54, 1.807) is 26.0 Å². The fraction of sp³-hybridized carbons (Fsp3) is 0.435. The third-order valence-corrected chi connectivity index (χ3v) is 6.63. The Kier molecular flexibility index (Phi) is 7.72. The number of nitrogens with one attached hydrogen (secondary N) is 2. The van der Waals surface area contributed by atoms with E-state index in [1.807, 2.05) is 24.3 Å². The molecule has 1 atom stereocenters. The molecule has 1 amide bonds. The number of benzene rings is 2. The molecule has 0 radical (unpaired) electrons. The number of hydrogen-bond acceptors (Lipinski definition) is 5. The van der Waals surface area contributed by atoms with Crippen LogP contribution in [0.5, 0.6) is 5.75 Å². The molecule has 0 bridgehead atoms. The lowest BCUT2D eigenvalue weighted by Crippen LogP contribution is -2.32. The minimum Gasteiger partial charge on any atom is -0.492 e. The maximum absolute atomic E-state index is 12.7. The molecule has 2 N–H and O–H groups in total. The molecule has 0 saturated carbocycles. The second-order valence-corrected chi connectivity index (χ2v) is 10.7. The smallest absolute Gasteiger partial charge is 0.246 e. The van der Waals surface area contributed by atoms with E-state index in [4.69, 9.17) is 4.74 Å². The third kappa shape index (κ3) is 6.21. The van der Waals surface area contributed by atoms with Gasteiger partial charge in [0.1, 0.15) is 16.7 Å². The highest BCUT2D eigenvalue weighted by atomic mass is 32.2. The van der Waals surface area contributed by atoms with Crippen LogP contribution in [-0.2, 0) is 20.2 Å². The molecule has 0 heterocycles. The van der Waals surface area contributed by atoms with Crippen molar-refractivity contribution in [2.45, 2.75) is 51.0 Å². The predicted octanol–water partition coefficient (Wildman–Crippen LogP) is 4.07. The van der Waals surface area contributed by atoms with Crippen LogP contribution in [0.15, 0.2) is 47.4 Å². The second kappa shape index (κ2) is 9.70. The quantitative estimate of drug-likeness (QED) is 0.637. The van der Waals surface area contributed by atoms with E-state index in [0.717, 1.165) is 4.31 Å². The number of nitrogens with zero attached hydrogens (tertiary/aromatic N) is 1. The molecule has 0 fully saturated rings. The van der Waals surface area contributed by atoms with Gasteiger partial charge in [0.15, 0.2) is 0 Å². The van der Waals surface area contributed by atoms with Crippen LogP contribution in [0.25, 0.3) is 0 Å². The number of anilines is 2. The Morgan fingerprint density at radius 1 is 1.06 bits per heavy atom. The Bertz CT molecular complexity index is 1010. The molecular weight excluding hydrogens is 414 g/mol. The van der Waals surface area contributed by atoms with E-state index in [0.29, 0.717) is 18.0 Å². The van der Waals surface area contributed by atoms with Gasteiger partial charge in [-0.3, -0.25) is 4.79 Å². The van der Waals surface area contributed by atoms with Crippen LogP contribution in [0.3, 0.4) is 0 Å². The Morgan fingerprint density at radius 3 is 2.16 bits per heavy atom. The van der Waals surface area contributed by atoms with Crippen LogP contribution in [0.1, 0.15) is 40.2 Å². The van der Waals surface area contributed by atoms with Gasteiger partial charge in [-0.1, -0.05) is 32.9 Å². The van der Waals surface area contributed by atoms with Gasteiger partial charge in [0, 0.05) is 25.5 Å². The van der Waals surface area contributed by atoms with E-state index in [1.165, 1.54) is 25.7 Å². The summed E-state index contributed by atoms with van der Waals surface area (Å²) in [7, 11) is -0.776. The van der Waals surface area contributed by atoms with Gasteiger partial charge in [0.05, 0.1) is 6.61 Å². The first-order valence-electron chi connectivity index (χ1n) is 10.2. The largest absolute Gasteiger partial charge is 0.492 e. The summed E-state index contributed by atoms with van der Waals surface area (Å²) < 4.78 is 32.0. The highest BCUT2D eigenvalue weighted by Crippen LogP contribution is 2.29. The molecular formula is C23H33N3O4S. The fourth-order valence-electron chi connectivity index (χ4n) is 2.89. The first-order chi connectivity index (χ1) is 14.4. The van der Waals surface area contributed by atoms with Crippen molar-refractivity contribution < 1.29 is 17.9 Å². The van der Waals surface area contributed by atoms with Gasteiger partial charge in [-0.05, 0) is 55.2 Å². The molecule has 0 unspecified atom stereocenters. The van der Waals surface area contributed by atoms with Crippen molar-refractivity contribution in [3.8, 4) is 5.75 Å². The second-order valence-electron chi connectivity index (χ2n) is 8.56. The van der Waals surface area contributed by atoms with Crippen molar-refractivity contribution in [2.24, 2.45) is 0 Å². The van der Waals surface area contributed by atoms with Gasteiger partial charge >= 0.3 is 0 Å². The lowest BCUT2D eigenvalue weighted by molar-refractivity contribution is -0.116. The lowest BCUT2D eigenvalue weighted by atomic mass is 9.87. The van der Waals surface area contributed by atoms with Crippen LogP contribution in [0.2, 0.25) is 0 Å². The summed E-state index contributed by atoms with van der Waals surface area (Å²) >= 11 is 0. The molecule has 2 rings (SSSR count). The van der Waals surface area contributed by atoms with Gasteiger partial charge in [-0.25, -0.2) is 12.7 Å². The number of amides is 1. The number of carbonyl (C=O) groups is 1. The predicted molar refractivity (Wildman–Crippen MR) is 125 cm³/mol. The van der Waals surface area contributed by atoms with Crippen molar-refractivity contribution in [1.29, 1.82) is 0 Å². The van der Waals surface area contributed by atoms with E-state index < -0.39 is 16.1 Å². The van der Waals surface area contributed by atoms with Gasteiger partial charge in [0.25, 0.3) is 0 Å². The summed E-state index contributed by atoms with van der Waals surface area (Å²) in [5, 5.41) is 5.95. The molecule has 0 saturated heterocycles. The van der Waals surface area contributed by atoms with Crippen molar-refractivity contribution in [2.75, 3.05) is 31.3 Å². The summed E-state index contributed by atoms with van der Waals surface area (Å²) in [6.07, 6.45) is 0. The summed E-state index contributed by atoms with van der Waals surface area (Å²) in [6.45, 7) is 10.3. The average molecular weight is 448 g/mol. The fourth-order valence-corrected chi connectivity index (χ4v) is 3.94. The molecule has 0 aliphatic rings. The monoisotopic (exact) mass is 447 g/mol. The zero-order valence-corrected chi connectivity index (χ0v) is 20.1.